The van der Waals surface area contributed by atoms with Crippen molar-refractivity contribution in [2.24, 2.45) is 5.41 Å². The fourth-order valence-corrected chi connectivity index (χ4v) is 3.23. The van der Waals surface area contributed by atoms with E-state index in [2.05, 4.69) is 26.1 Å². The number of rotatable bonds is 6. The van der Waals surface area contributed by atoms with Gasteiger partial charge in [-0.3, -0.25) is 0 Å². The van der Waals surface area contributed by atoms with Gasteiger partial charge in [0.2, 0.25) is 0 Å². The van der Waals surface area contributed by atoms with E-state index in [0.717, 1.165) is 19.4 Å². The van der Waals surface area contributed by atoms with Crippen molar-refractivity contribution in [1.82, 2.24) is 5.32 Å². The first kappa shape index (κ1) is 15.3. The number of hydrogen-bond acceptors (Lipinski definition) is 3. The number of hydrogen-bond donors (Lipinski definition) is 1. The summed E-state index contributed by atoms with van der Waals surface area (Å²) in [5, 5.41) is 3.34. The maximum Gasteiger partial charge on any atom is 0.0990 e. The molecule has 2 aliphatic carbocycles. The lowest BCUT2D eigenvalue weighted by molar-refractivity contribution is -0.174. The van der Waals surface area contributed by atoms with Crippen LogP contribution >= 0.6 is 0 Å². The Bertz CT molecular complexity index is 270. The van der Waals surface area contributed by atoms with Gasteiger partial charge in [-0.1, -0.05) is 20.8 Å². The molecule has 0 aromatic heterocycles. The zero-order chi connectivity index (χ0) is 13.9. The SMILES string of the molecule is CCCOC1C(NC)CC1OC1CCC(C)(C)CC1. The molecule has 0 aliphatic heterocycles. The van der Waals surface area contributed by atoms with Crippen LogP contribution in [0, 0.1) is 5.41 Å². The molecule has 3 unspecified atom stereocenters. The highest BCUT2D eigenvalue weighted by Gasteiger charge is 2.43. The van der Waals surface area contributed by atoms with Crippen LogP contribution in [0.4, 0.5) is 0 Å². The van der Waals surface area contributed by atoms with E-state index in [0.29, 0.717) is 23.7 Å². The minimum Gasteiger partial charge on any atom is -0.374 e. The van der Waals surface area contributed by atoms with Crippen LogP contribution < -0.4 is 5.32 Å². The molecule has 3 heteroatoms. The van der Waals surface area contributed by atoms with Crippen molar-refractivity contribution < 1.29 is 9.47 Å². The van der Waals surface area contributed by atoms with Crippen molar-refractivity contribution in [2.75, 3.05) is 13.7 Å². The van der Waals surface area contributed by atoms with Gasteiger partial charge < -0.3 is 14.8 Å². The number of ether oxygens (including phenoxy) is 2. The molecule has 2 saturated carbocycles. The van der Waals surface area contributed by atoms with Gasteiger partial charge in [0.05, 0.1) is 18.3 Å². The van der Waals surface area contributed by atoms with Crippen LogP contribution in [0.1, 0.15) is 59.3 Å². The molecule has 0 heterocycles. The van der Waals surface area contributed by atoms with Crippen LogP contribution in [0.5, 0.6) is 0 Å². The predicted molar refractivity (Wildman–Crippen MR) is 78.4 cm³/mol. The standard InChI is InChI=1S/C16H31NO2/c1-5-10-18-15-13(17-4)11-14(15)19-12-6-8-16(2,3)9-7-12/h12-15,17H,5-11H2,1-4H3. The molecule has 19 heavy (non-hydrogen) atoms. The highest BCUT2D eigenvalue weighted by Crippen LogP contribution is 2.38. The lowest BCUT2D eigenvalue weighted by Gasteiger charge is -2.46. The van der Waals surface area contributed by atoms with Crippen LogP contribution in [0.15, 0.2) is 0 Å². The molecule has 3 atom stereocenters. The Labute approximate surface area is 118 Å². The van der Waals surface area contributed by atoms with E-state index in [9.17, 15) is 0 Å². The van der Waals surface area contributed by atoms with Crippen molar-refractivity contribution in [3.8, 4) is 0 Å². The molecule has 2 rings (SSSR count). The molecule has 0 amide bonds. The maximum atomic E-state index is 6.30. The molecular formula is C16H31NO2. The van der Waals surface area contributed by atoms with E-state index < -0.39 is 0 Å². The van der Waals surface area contributed by atoms with Gasteiger partial charge >= 0.3 is 0 Å². The topological polar surface area (TPSA) is 30.5 Å². The largest absolute Gasteiger partial charge is 0.374 e. The van der Waals surface area contributed by atoms with E-state index in [4.69, 9.17) is 9.47 Å². The van der Waals surface area contributed by atoms with Gasteiger partial charge in [-0.25, -0.2) is 0 Å². The van der Waals surface area contributed by atoms with Crippen LogP contribution in [-0.4, -0.2) is 38.0 Å². The van der Waals surface area contributed by atoms with Crippen molar-refractivity contribution in [3.63, 3.8) is 0 Å². The Balaban J connectivity index is 1.76. The summed E-state index contributed by atoms with van der Waals surface area (Å²) in [6.07, 6.45) is 8.24. The van der Waals surface area contributed by atoms with Crippen molar-refractivity contribution in [1.29, 1.82) is 0 Å². The molecule has 2 aliphatic rings. The third kappa shape index (κ3) is 3.93. The number of nitrogens with one attached hydrogen (secondary N) is 1. The van der Waals surface area contributed by atoms with Gasteiger partial charge in [-0.15, -0.1) is 0 Å². The minimum atomic E-state index is 0.264. The van der Waals surface area contributed by atoms with E-state index in [1.165, 1.54) is 25.7 Å². The summed E-state index contributed by atoms with van der Waals surface area (Å²) in [5.74, 6) is 0. The summed E-state index contributed by atoms with van der Waals surface area (Å²) >= 11 is 0. The van der Waals surface area contributed by atoms with Crippen molar-refractivity contribution in [3.05, 3.63) is 0 Å². The highest BCUT2D eigenvalue weighted by atomic mass is 16.6. The Morgan fingerprint density at radius 3 is 2.47 bits per heavy atom. The molecule has 2 fully saturated rings. The smallest absolute Gasteiger partial charge is 0.0990 e. The van der Waals surface area contributed by atoms with Gasteiger partial charge in [0, 0.05) is 12.6 Å². The van der Waals surface area contributed by atoms with Crippen molar-refractivity contribution >= 4 is 0 Å². The average Bonchev–Trinajstić information content (AvgIpc) is 2.36. The summed E-state index contributed by atoms with van der Waals surface area (Å²) in [4.78, 5) is 0. The summed E-state index contributed by atoms with van der Waals surface area (Å²) in [6, 6.07) is 0.483. The summed E-state index contributed by atoms with van der Waals surface area (Å²) in [7, 11) is 2.02. The number of likely N-dealkylation sites (N-methyl/N-ethyl adjacent to an activating group) is 1. The second kappa shape index (κ2) is 6.55. The van der Waals surface area contributed by atoms with Gasteiger partial charge in [0.1, 0.15) is 0 Å². The molecule has 0 aromatic rings. The molecule has 0 radical (unpaired) electrons. The van der Waals surface area contributed by atoms with Crippen LogP contribution in [0.3, 0.4) is 0 Å². The van der Waals surface area contributed by atoms with Crippen LogP contribution in [0.25, 0.3) is 0 Å². The fraction of sp³-hybridized carbons (Fsp3) is 1.00. The zero-order valence-corrected chi connectivity index (χ0v) is 13.1. The minimum absolute atomic E-state index is 0.264. The molecular weight excluding hydrogens is 238 g/mol. The first-order valence-electron chi connectivity index (χ1n) is 8.00. The third-order valence-corrected chi connectivity index (χ3v) is 4.79. The fourth-order valence-electron chi connectivity index (χ4n) is 3.23. The Morgan fingerprint density at radius 2 is 1.89 bits per heavy atom. The molecule has 0 saturated heterocycles. The van der Waals surface area contributed by atoms with Crippen LogP contribution in [0.2, 0.25) is 0 Å². The molecule has 0 bridgehead atoms. The molecule has 1 N–H and O–H groups in total. The van der Waals surface area contributed by atoms with E-state index in [1.807, 2.05) is 7.05 Å². The first-order valence-corrected chi connectivity index (χ1v) is 8.00. The highest BCUT2D eigenvalue weighted by molar-refractivity contribution is 4.97. The second-order valence-corrected chi connectivity index (χ2v) is 7.00. The first-order chi connectivity index (χ1) is 9.05. The lowest BCUT2D eigenvalue weighted by Crippen LogP contribution is -2.60. The van der Waals surface area contributed by atoms with Gasteiger partial charge in [0.15, 0.2) is 0 Å². The van der Waals surface area contributed by atoms with Crippen molar-refractivity contribution in [2.45, 2.75) is 83.6 Å². The summed E-state index contributed by atoms with van der Waals surface area (Å²) in [6.45, 7) is 7.75. The molecule has 3 nitrogen and oxygen atoms in total. The monoisotopic (exact) mass is 269 g/mol. The average molecular weight is 269 g/mol. The predicted octanol–water partition coefficient (Wildman–Crippen LogP) is 3.13. The second-order valence-electron chi connectivity index (χ2n) is 7.00. The molecule has 0 spiro atoms. The van der Waals surface area contributed by atoms with E-state index in [-0.39, 0.29) is 6.10 Å². The molecule has 112 valence electrons. The Hall–Kier alpha value is -0.120. The Morgan fingerprint density at radius 1 is 1.21 bits per heavy atom. The maximum absolute atomic E-state index is 6.30. The van der Waals surface area contributed by atoms with Crippen LogP contribution in [-0.2, 0) is 9.47 Å². The lowest BCUT2D eigenvalue weighted by atomic mass is 9.76. The van der Waals surface area contributed by atoms with Gasteiger partial charge in [-0.2, -0.15) is 0 Å². The zero-order valence-electron chi connectivity index (χ0n) is 13.1. The van der Waals surface area contributed by atoms with Gasteiger partial charge in [-0.05, 0) is 51.0 Å². The quantitative estimate of drug-likeness (QED) is 0.803. The summed E-state index contributed by atoms with van der Waals surface area (Å²) < 4.78 is 12.2. The van der Waals surface area contributed by atoms with Gasteiger partial charge in [0.25, 0.3) is 0 Å². The third-order valence-electron chi connectivity index (χ3n) is 4.79. The summed E-state index contributed by atoms with van der Waals surface area (Å²) in [5.41, 5.74) is 0.519. The van der Waals surface area contributed by atoms with E-state index in [1.54, 1.807) is 0 Å². The molecule has 0 aromatic carbocycles. The van der Waals surface area contributed by atoms with E-state index >= 15 is 0 Å². The Kier molecular flexibility index (Phi) is 5.27. The normalized spacial score (nSPS) is 35.1.